The van der Waals surface area contributed by atoms with Crippen LogP contribution in [0.5, 0.6) is 0 Å². The van der Waals surface area contributed by atoms with Crippen LogP contribution in [0.25, 0.3) is 0 Å². The van der Waals surface area contributed by atoms with E-state index in [4.69, 9.17) is 0 Å². The maximum atomic E-state index is 13.1. The normalized spacial score (nSPS) is 13.5. The van der Waals surface area contributed by atoms with E-state index in [0.29, 0.717) is 6.42 Å². The lowest BCUT2D eigenvalue weighted by molar-refractivity contribution is 0.503. The lowest BCUT2D eigenvalue weighted by atomic mass is 9.97. The fraction of sp³-hybridized carbons (Fsp3) is 0.571. The molecule has 5 heteroatoms. The molecule has 0 saturated heterocycles. The number of rotatable bonds is 7. The minimum absolute atomic E-state index is 0.0762. The van der Waals surface area contributed by atoms with Gasteiger partial charge in [0.2, 0.25) is 0 Å². The van der Waals surface area contributed by atoms with E-state index >= 15 is 0 Å². The van der Waals surface area contributed by atoms with Crippen LogP contribution in [0.15, 0.2) is 18.2 Å². The van der Waals surface area contributed by atoms with Crippen LogP contribution in [0.2, 0.25) is 0 Å². The van der Waals surface area contributed by atoms with Gasteiger partial charge in [0.25, 0.3) is 0 Å². The number of halogens is 1. The van der Waals surface area contributed by atoms with Gasteiger partial charge in [-0.2, -0.15) is 0 Å². The monoisotopic (exact) mass is 287 g/mol. The Morgan fingerprint density at radius 2 is 2.05 bits per heavy atom. The van der Waals surface area contributed by atoms with Crippen molar-refractivity contribution in [1.29, 1.82) is 0 Å². The van der Waals surface area contributed by atoms with E-state index in [1.807, 2.05) is 13.8 Å². The Kier molecular flexibility index (Phi) is 5.94. The minimum Gasteiger partial charge on any atom is -0.310 e. The molecule has 0 amide bonds. The topological polar surface area (TPSA) is 46.2 Å². The van der Waals surface area contributed by atoms with Gasteiger partial charge in [0, 0.05) is 18.1 Å². The molecule has 0 fully saturated rings. The van der Waals surface area contributed by atoms with Crippen LogP contribution in [-0.4, -0.2) is 27.0 Å². The quantitative estimate of drug-likeness (QED) is 0.838. The van der Waals surface area contributed by atoms with Crippen molar-refractivity contribution in [2.24, 2.45) is 0 Å². The van der Waals surface area contributed by atoms with E-state index in [2.05, 4.69) is 5.32 Å². The standard InChI is InChI=1S/C14H22FNO2S/c1-4-16-14(6-5-9-19(3,17)18)13-8-7-12(15)10-11(13)2/h7-8,10,14,16H,4-6,9H2,1-3H3. The van der Waals surface area contributed by atoms with Gasteiger partial charge in [0.05, 0.1) is 0 Å². The maximum Gasteiger partial charge on any atom is 0.147 e. The van der Waals surface area contributed by atoms with Crippen molar-refractivity contribution in [3.05, 3.63) is 35.1 Å². The van der Waals surface area contributed by atoms with Crippen LogP contribution in [0.3, 0.4) is 0 Å². The van der Waals surface area contributed by atoms with Crippen molar-refractivity contribution in [3.63, 3.8) is 0 Å². The lowest BCUT2D eigenvalue weighted by Gasteiger charge is -2.20. The van der Waals surface area contributed by atoms with Crippen molar-refractivity contribution >= 4 is 9.84 Å². The molecule has 0 radical (unpaired) electrons. The lowest BCUT2D eigenvalue weighted by Crippen LogP contribution is -2.22. The van der Waals surface area contributed by atoms with Gasteiger partial charge in [0.1, 0.15) is 15.7 Å². The summed E-state index contributed by atoms with van der Waals surface area (Å²) in [5.74, 6) is -0.0533. The van der Waals surface area contributed by atoms with E-state index in [1.165, 1.54) is 18.4 Å². The number of aryl methyl sites for hydroxylation is 1. The van der Waals surface area contributed by atoms with Crippen molar-refractivity contribution in [2.75, 3.05) is 18.6 Å². The summed E-state index contributed by atoms with van der Waals surface area (Å²) in [4.78, 5) is 0. The highest BCUT2D eigenvalue weighted by Gasteiger charge is 2.14. The highest BCUT2D eigenvalue weighted by molar-refractivity contribution is 7.90. The molecule has 0 aliphatic rings. The molecular weight excluding hydrogens is 265 g/mol. The first kappa shape index (κ1) is 16.1. The molecule has 0 bridgehead atoms. The average molecular weight is 287 g/mol. The van der Waals surface area contributed by atoms with Crippen LogP contribution >= 0.6 is 0 Å². The first-order valence-corrected chi connectivity index (χ1v) is 8.56. The highest BCUT2D eigenvalue weighted by atomic mass is 32.2. The molecule has 3 nitrogen and oxygen atoms in total. The summed E-state index contributed by atoms with van der Waals surface area (Å²) in [6.45, 7) is 4.67. The Morgan fingerprint density at radius 3 is 2.58 bits per heavy atom. The predicted octanol–water partition coefficient (Wildman–Crippen LogP) is 2.61. The van der Waals surface area contributed by atoms with Crippen LogP contribution in [0.4, 0.5) is 4.39 Å². The second-order valence-corrected chi connectivity index (χ2v) is 7.14. The number of hydrogen-bond acceptors (Lipinski definition) is 3. The molecule has 0 heterocycles. The van der Waals surface area contributed by atoms with E-state index in [0.717, 1.165) is 24.1 Å². The van der Waals surface area contributed by atoms with Gasteiger partial charge in [-0.25, -0.2) is 12.8 Å². The fourth-order valence-corrected chi connectivity index (χ4v) is 2.88. The first-order valence-electron chi connectivity index (χ1n) is 6.50. The Hall–Kier alpha value is -0.940. The van der Waals surface area contributed by atoms with Gasteiger partial charge in [-0.15, -0.1) is 0 Å². The summed E-state index contributed by atoms with van der Waals surface area (Å²) in [6.07, 6.45) is 2.58. The van der Waals surface area contributed by atoms with Gasteiger partial charge >= 0.3 is 0 Å². The van der Waals surface area contributed by atoms with Crippen molar-refractivity contribution in [2.45, 2.75) is 32.7 Å². The second kappa shape index (κ2) is 7.01. The highest BCUT2D eigenvalue weighted by Crippen LogP contribution is 2.23. The predicted molar refractivity (Wildman–Crippen MR) is 76.5 cm³/mol. The van der Waals surface area contributed by atoms with Crippen LogP contribution in [0, 0.1) is 12.7 Å². The van der Waals surface area contributed by atoms with Gasteiger partial charge in [-0.3, -0.25) is 0 Å². The summed E-state index contributed by atoms with van der Waals surface area (Å²) in [5.41, 5.74) is 1.93. The molecule has 0 saturated carbocycles. The molecule has 108 valence electrons. The van der Waals surface area contributed by atoms with E-state index in [9.17, 15) is 12.8 Å². The summed E-state index contributed by atoms with van der Waals surface area (Å²) in [5, 5.41) is 3.33. The molecule has 0 aromatic heterocycles. The third-order valence-corrected chi connectivity index (χ3v) is 4.10. The zero-order chi connectivity index (χ0) is 14.5. The van der Waals surface area contributed by atoms with E-state index in [1.54, 1.807) is 6.07 Å². The molecule has 1 rings (SSSR count). The zero-order valence-corrected chi connectivity index (χ0v) is 12.6. The molecular formula is C14H22FNO2S. The smallest absolute Gasteiger partial charge is 0.147 e. The first-order chi connectivity index (χ1) is 8.83. The van der Waals surface area contributed by atoms with Crippen LogP contribution < -0.4 is 5.32 Å². The molecule has 19 heavy (non-hydrogen) atoms. The van der Waals surface area contributed by atoms with Gasteiger partial charge in [-0.1, -0.05) is 13.0 Å². The summed E-state index contributed by atoms with van der Waals surface area (Å²) in [6, 6.07) is 4.81. The second-order valence-electron chi connectivity index (χ2n) is 4.88. The number of benzene rings is 1. The molecule has 1 aromatic carbocycles. The molecule has 0 aliphatic carbocycles. The Balaban J connectivity index is 2.76. The number of hydrogen-bond donors (Lipinski definition) is 1. The number of nitrogens with one attached hydrogen (secondary N) is 1. The largest absolute Gasteiger partial charge is 0.310 e. The van der Waals surface area contributed by atoms with Gasteiger partial charge < -0.3 is 5.32 Å². The fourth-order valence-electron chi connectivity index (χ4n) is 2.19. The molecule has 1 atom stereocenters. The molecule has 0 aliphatic heterocycles. The SMILES string of the molecule is CCNC(CCCS(C)(=O)=O)c1ccc(F)cc1C. The Bertz CT molecular complexity index is 514. The molecule has 1 N–H and O–H groups in total. The van der Waals surface area contributed by atoms with Gasteiger partial charge in [-0.05, 0) is 49.6 Å². The summed E-state index contributed by atoms with van der Waals surface area (Å²) >= 11 is 0. The van der Waals surface area contributed by atoms with Gasteiger partial charge in [0.15, 0.2) is 0 Å². The molecule has 0 spiro atoms. The van der Waals surface area contributed by atoms with Crippen molar-refractivity contribution in [1.82, 2.24) is 5.32 Å². The number of sulfone groups is 1. The maximum absolute atomic E-state index is 13.1. The van der Waals surface area contributed by atoms with E-state index in [-0.39, 0.29) is 17.6 Å². The Labute approximate surface area is 115 Å². The summed E-state index contributed by atoms with van der Waals surface area (Å²) in [7, 11) is -2.92. The van der Waals surface area contributed by atoms with Crippen LogP contribution in [0.1, 0.15) is 36.9 Å². The third-order valence-electron chi connectivity index (χ3n) is 3.07. The molecule has 1 aromatic rings. The third kappa shape index (κ3) is 5.70. The zero-order valence-electron chi connectivity index (χ0n) is 11.7. The average Bonchev–Trinajstić information content (AvgIpc) is 2.26. The van der Waals surface area contributed by atoms with Crippen molar-refractivity contribution < 1.29 is 12.8 Å². The van der Waals surface area contributed by atoms with Crippen molar-refractivity contribution in [3.8, 4) is 0 Å². The molecule has 1 unspecified atom stereocenters. The Morgan fingerprint density at radius 1 is 1.37 bits per heavy atom. The minimum atomic E-state index is -2.92. The van der Waals surface area contributed by atoms with Crippen LogP contribution in [-0.2, 0) is 9.84 Å². The van der Waals surface area contributed by atoms with E-state index < -0.39 is 9.84 Å². The summed E-state index contributed by atoms with van der Waals surface area (Å²) < 4.78 is 35.4.